The minimum absolute atomic E-state index is 0.0282. The molecule has 1 aliphatic rings. The maximum atomic E-state index is 12.0. The van der Waals surface area contributed by atoms with Crippen molar-refractivity contribution in [1.82, 2.24) is 0 Å². The van der Waals surface area contributed by atoms with Gasteiger partial charge in [-0.1, -0.05) is 24.3 Å². The van der Waals surface area contributed by atoms with Gasteiger partial charge in [0.05, 0.1) is 20.1 Å². The topological polar surface area (TPSA) is 55.8 Å². The van der Waals surface area contributed by atoms with Crippen LogP contribution >= 0.6 is 0 Å². The van der Waals surface area contributed by atoms with Crippen molar-refractivity contribution in [2.45, 2.75) is 24.7 Å². The Bertz CT molecular complexity index is 635. The molecule has 0 radical (unpaired) electrons. The third-order valence-corrected chi connectivity index (χ3v) is 5.03. The third-order valence-electron chi connectivity index (χ3n) is 5.03. The lowest BCUT2D eigenvalue weighted by atomic mass is 9.82. The summed E-state index contributed by atoms with van der Waals surface area (Å²) in [7, 11) is 3.26. The van der Waals surface area contributed by atoms with E-state index in [0.29, 0.717) is 0 Å². The molecule has 1 fully saturated rings. The van der Waals surface area contributed by atoms with Crippen LogP contribution in [0.15, 0.2) is 48.5 Å². The Hall–Kier alpha value is -2.49. The molecule has 0 heterocycles. The minimum atomic E-state index is -0.728. The van der Waals surface area contributed by atoms with Crippen molar-refractivity contribution in [3.05, 3.63) is 59.7 Å². The van der Waals surface area contributed by atoms with Crippen LogP contribution in [0.4, 0.5) is 0 Å². The second-order valence-electron chi connectivity index (χ2n) is 6.20. The van der Waals surface area contributed by atoms with Crippen molar-refractivity contribution in [2.75, 3.05) is 14.2 Å². The van der Waals surface area contributed by atoms with Gasteiger partial charge < -0.3 is 14.6 Å². The van der Waals surface area contributed by atoms with Crippen molar-refractivity contribution in [3.8, 4) is 11.5 Å². The van der Waals surface area contributed by atoms with E-state index in [0.717, 1.165) is 35.5 Å². The van der Waals surface area contributed by atoms with Gasteiger partial charge in [0, 0.05) is 0 Å². The zero-order valence-corrected chi connectivity index (χ0v) is 13.9. The average molecular weight is 326 g/mol. The smallest absolute Gasteiger partial charge is 0.307 e. The summed E-state index contributed by atoms with van der Waals surface area (Å²) in [4.78, 5) is 12.0. The normalized spacial score (nSPS) is 23.0. The van der Waals surface area contributed by atoms with Crippen LogP contribution < -0.4 is 9.47 Å². The van der Waals surface area contributed by atoms with Crippen molar-refractivity contribution >= 4 is 5.97 Å². The molecule has 4 nitrogen and oxygen atoms in total. The van der Waals surface area contributed by atoms with Crippen LogP contribution in [0, 0.1) is 5.92 Å². The molecule has 0 saturated heterocycles. The molecule has 1 aliphatic carbocycles. The van der Waals surface area contributed by atoms with Gasteiger partial charge in [0.2, 0.25) is 0 Å². The third kappa shape index (κ3) is 3.09. The molecule has 3 rings (SSSR count). The molecule has 24 heavy (non-hydrogen) atoms. The highest BCUT2D eigenvalue weighted by atomic mass is 16.5. The highest BCUT2D eigenvalue weighted by molar-refractivity contribution is 5.73. The van der Waals surface area contributed by atoms with Crippen LogP contribution in [0.2, 0.25) is 0 Å². The van der Waals surface area contributed by atoms with Gasteiger partial charge in [0.15, 0.2) is 0 Å². The number of hydrogen-bond donors (Lipinski definition) is 1. The molecule has 2 aromatic rings. The van der Waals surface area contributed by atoms with E-state index < -0.39 is 11.9 Å². The number of aliphatic carboxylic acids is 1. The molecule has 0 aliphatic heterocycles. The average Bonchev–Trinajstić information content (AvgIpc) is 3.07. The maximum absolute atomic E-state index is 12.0. The van der Waals surface area contributed by atoms with E-state index >= 15 is 0 Å². The summed E-state index contributed by atoms with van der Waals surface area (Å²) < 4.78 is 10.4. The number of carboxylic acids is 1. The second-order valence-corrected chi connectivity index (χ2v) is 6.20. The van der Waals surface area contributed by atoms with Gasteiger partial charge >= 0.3 is 5.97 Å². The zero-order chi connectivity index (χ0) is 17.1. The van der Waals surface area contributed by atoms with Gasteiger partial charge in [0.25, 0.3) is 0 Å². The molecule has 0 spiro atoms. The highest BCUT2D eigenvalue weighted by Crippen LogP contribution is 2.49. The van der Waals surface area contributed by atoms with Crippen molar-refractivity contribution in [2.24, 2.45) is 5.92 Å². The number of methoxy groups -OCH3 is 2. The predicted molar refractivity (Wildman–Crippen MR) is 91.8 cm³/mol. The molecule has 0 bridgehead atoms. The van der Waals surface area contributed by atoms with Crippen LogP contribution in [0.25, 0.3) is 0 Å². The summed E-state index contributed by atoms with van der Waals surface area (Å²) >= 11 is 0. The van der Waals surface area contributed by atoms with E-state index in [1.807, 2.05) is 48.5 Å². The van der Waals surface area contributed by atoms with E-state index in [2.05, 4.69) is 0 Å². The van der Waals surface area contributed by atoms with E-state index in [-0.39, 0.29) is 11.8 Å². The molecule has 2 atom stereocenters. The minimum Gasteiger partial charge on any atom is -0.497 e. The van der Waals surface area contributed by atoms with Gasteiger partial charge in [-0.15, -0.1) is 0 Å². The summed E-state index contributed by atoms with van der Waals surface area (Å²) in [5.41, 5.74) is 2.14. The Kier molecular flexibility index (Phi) is 4.74. The van der Waals surface area contributed by atoms with Crippen LogP contribution in [0.1, 0.15) is 35.8 Å². The van der Waals surface area contributed by atoms with Crippen molar-refractivity contribution < 1.29 is 19.4 Å². The SMILES string of the molecule is COc1ccc(C2CCC(c3ccc(OC)cc3)C2C(=O)O)cc1. The quantitative estimate of drug-likeness (QED) is 0.900. The summed E-state index contributed by atoms with van der Waals surface area (Å²) in [6.07, 6.45) is 1.75. The lowest BCUT2D eigenvalue weighted by molar-refractivity contribution is -0.142. The van der Waals surface area contributed by atoms with Gasteiger partial charge in [-0.3, -0.25) is 4.79 Å². The molecule has 2 unspecified atom stereocenters. The molecule has 1 saturated carbocycles. The van der Waals surface area contributed by atoms with Crippen molar-refractivity contribution in [1.29, 1.82) is 0 Å². The van der Waals surface area contributed by atoms with E-state index in [1.54, 1.807) is 14.2 Å². The molecular weight excluding hydrogens is 304 g/mol. The first kappa shape index (κ1) is 16.4. The fourth-order valence-corrected chi connectivity index (χ4v) is 3.79. The number of ether oxygens (including phenoxy) is 2. The Morgan fingerprint density at radius 3 is 1.50 bits per heavy atom. The molecular formula is C20H22O4. The summed E-state index contributed by atoms with van der Waals surface area (Å²) in [6, 6.07) is 15.5. The molecule has 0 amide bonds. The molecule has 0 aromatic heterocycles. The Morgan fingerprint density at radius 1 is 0.833 bits per heavy atom. The number of benzene rings is 2. The van der Waals surface area contributed by atoms with Crippen molar-refractivity contribution in [3.63, 3.8) is 0 Å². The number of carbonyl (C=O) groups is 1. The van der Waals surface area contributed by atoms with E-state index in [9.17, 15) is 9.90 Å². The predicted octanol–water partition coefficient (Wildman–Crippen LogP) is 4.07. The van der Waals surface area contributed by atoms with Crippen LogP contribution in [0.3, 0.4) is 0 Å². The fraction of sp³-hybridized carbons (Fsp3) is 0.350. The molecule has 1 N–H and O–H groups in total. The first-order chi connectivity index (χ1) is 11.6. The van der Waals surface area contributed by atoms with Gasteiger partial charge in [0.1, 0.15) is 11.5 Å². The Balaban J connectivity index is 1.87. The lowest BCUT2D eigenvalue weighted by Crippen LogP contribution is -2.22. The van der Waals surface area contributed by atoms with Crippen LogP contribution in [-0.2, 0) is 4.79 Å². The number of carboxylic acid groups (broad SMARTS) is 1. The van der Waals surface area contributed by atoms with Crippen LogP contribution in [-0.4, -0.2) is 25.3 Å². The molecule has 126 valence electrons. The van der Waals surface area contributed by atoms with Gasteiger partial charge in [-0.2, -0.15) is 0 Å². The summed E-state index contributed by atoms with van der Waals surface area (Å²) in [5, 5.41) is 9.83. The first-order valence-electron chi connectivity index (χ1n) is 8.14. The fourth-order valence-electron chi connectivity index (χ4n) is 3.79. The summed E-state index contributed by atoms with van der Waals surface area (Å²) in [5.74, 6) is 0.493. The Morgan fingerprint density at radius 2 is 1.21 bits per heavy atom. The van der Waals surface area contributed by atoms with Gasteiger partial charge in [-0.05, 0) is 60.1 Å². The second kappa shape index (κ2) is 6.95. The zero-order valence-electron chi connectivity index (χ0n) is 13.9. The van der Waals surface area contributed by atoms with Gasteiger partial charge in [-0.25, -0.2) is 0 Å². The van der Waals surface area contributed by atoms with E-state index in [1.165, 1.54) is 0 Å². The standard InChI is InChI=1S/C20H22O4/c1-23-15-7-3-13(4-8-15)17-11-12-18(19(17)20(21)22)14-5-9-16(24-2)10-6-14/h3-10,17-19H,11-12H2,1-2H3,(H,21,22). The van der Waals surface area contributed by atoms with E-state index in [4.69, 9.17) is 9.47 Å². The van der Waals surface area contributed by atoms with Crippen LogP contribution in [0.5, 0.6) is 11.5 Å². The number of rotatable bonds is 5. The maximum Gasteiger partial charge on any atom is 0.307 e. The number of hydrogen-bond acceptors (Lipinski definition) is 3. The summed E-state index contributed by atoms with van der Waals surface area (Å²) in [6.45, 7) is 0. The molecule has 2 aromatic carbocycles. The Labute approximate surface area is 142 Å². The molecule has 4 heteroatoms. The monoisotopic (exact) mass is 326 g/mol. The lowest BCUT2D eigenvalue weighted by Gasteiger charge is -2.22. The first-order valence-corrected chi connectivity index (χ1v) is 8.14. The largest absolute Gasteiger partial charge is 0.497 e. The highest BCUT2D eigenvalue weighted by Gasteiger charge is 2.42.